The van der Waals surface area contributed by atoms with Crippen LogP contribution in [0.3, 0.4) is 0 Å². The fourth-order valence-corrected chi connectivity index (χ4v) is 1.04. The number of thioether (sulfide) groups is 1. The molecule has 1 N–H and O–H groups in total. The van der Waals surface area contributed by atoms with Gasteiger partial charge in [-0.2, -0.15) is 0 Å². The third-order valence-corrected chi connectivity index (χ3v) is 1.75. The van der Waals surface area contributed by atoms with E-state index in [2.05, 4.69) is 4.74 Å². The maximum absolute atomic E-state index is 10.3. The van der Waals surface area contributed by atoms with Gasteiger partial charge in [0.05, 0.1) is 5.75 Å². The summed E-state index contributed by atoms with van der Waals surface area (Å²) in [5.74, 6) is -1.35. The van der Waals surface area contributed by atoms with E-state index in [4.69, 9.17) is 5.11 Å². The largest absolute Gasteiger partial charge is 0.481 e. The summed E-state index contributed by atoms with van der Waals surface area (Å²) in [6.45, 7) is 2.92. The molecular formula is C6H10O4S. The Balaban J connectivity index is 3.44. The molecule has 11 heavy (non-hydrogen) atoms. The van der Waals surface area contributed by atoms with Crippen molar-refractivity contribution >= 4 is 23.7 Å². The van der Waals surface area contributed by atoms with E-state index in [0.29, 0.717) is 0 Å². The number of hydrogen-bond acceptors (Lipinski definition) is 4. The third-order valence-electron chi connectivity index (χ3n) is 0.773. The van der Waals surface area contributed by atoms with Crippen LogP contribution in [0.25, 0.3) is 0 Å². The molecule has 0 rings (SSSR count). The minimum atomic E-state index is -0.908. The van der Waals surface area contributed by atoms with Crippen LogP contribution in [0.5, 0.6) is 0 Å². The number of carboxylic acid groups (broad SMARTS) is 1. The monoisotopic (exact) mass is 178 g/mol. The Kier molecular flexibility index (Phi) is 4.69. The molecule has 0 aliphatic carbocycles. The van der Waals surface area contributed by atoms with E-state index in [1.807, 2.05) is 0 Å². The normalized spacial score (nSPS) is 12.2. The molecule has 4 nitrogen and oxygen atoms in total. The van der Waals surface area contributed by atoms with E-state index in [-0.39, 0.29) is 11.2 Å². The number of carboxylic acids is 1. The van der Waals surface area contributed by atoms with Gasteiger partial charge in [-0.1, -0.05) is 0 Å². The standard InChI is InChI=1S/C6H10O4S/c1-4(7)10-5(2)11-3-6(8)9/h5H,3H2,1-2H3,(H,8,9). The molecule has 0 radical (unpaired) electrons. The van der Waals surface area contributed by atoms with E-state index < -0.39 is 11.9 Å². The molecule has 0 saturated heterocycles. The van der Waals surface area contributed by atoms with Gasteiger partial charge >= 0.3 is 11.9 Å². The zero-order valence-corrected chi connectivity index (χ0v) is 7.18. The van der Waals surface area contributed by atoms with Crippen molar-refractivity contribution in [1.82, 2.24) is 0 Å². The summed E-state index contributed by atoms with van der Waals surface area (Å²) in [5.41, 5.74) is -0.386. The first kappa shape index (κ1) is 10.3. The zero-order valence-electron chi connectivity index (χ0n) is 6.36. The summed E-state index contributed by atoms with van der Waals surface area (Å²) in [5, 5.41) is 8.24. The predicted octanol–water partition coefficient (Wildman–Crippen LogP) is 0.713. The molecule has 0 fully saturated rings. The minimum Gasteiger partial charge on any atom is -0.481 e. The van der Waals surface area contributed by atoms with Gasteiger partial charge in [0.2, 0.25) is 0 Å². The lowest BCUT2D eigenvalue weighted by atomic mass is 10.8. The second kappa shape index (κ2) is 5.01. The van der Waals surface area contributed by atoms with Crippen LogP contribution in [0.2, 0.25) is 0 Å². The smallest absolute Gasteiger partial charge is 0.313 e. The maximum atomic E-state index is 10.3. The number of carbonyl (C=O) groups is 2. The Hall–Kier alpha value is -0.710. The summed E-state index contributed by atoms with van der Waals surface area (Å²) < 4.78 is 4.66. The van der Waals surface area contributed by atoms with Gasteiger partial charge in [0.25, 0.3) is 0 Å². The average Bonchev–Trinajstić information content (AvgIpc) is 1.82. The molecule has 0 heterocycles. The Morgan fingerprint density at radius 3 is 2.55 bits per heavy atom. The molecule has 0 aliphatic rings. The van der Waals surface area contributed by atoms with Crippen LogP contribution in [-0.2, 0) is 14.3 Å². The van der Waals surface area contributed by atoms with Crippen LogP contribution in [-0.4, -0.2) is 28.2 Å². The molecule has 0 aliphatic heterocycles. The second-order valence-electron chi connectivity index (χ2n) is 1.88. The fourth-order valence-electron chi connectivity index (χ4n) is 0.456. The van der Waals surface area contributed by atoms with E-state index >= 15 is 0 Å². The fraction of sp³-hybridized carbons (Fsp3) is 0.667. The first-order chi connectivity index (χ1) is 5.02. The van der Waals surface area contributed by atoms with Crippen molar-refractivity contribution in [2.24, 2.45) is 0 Å². The summed E-state index contributed by atoms with van der Waals surface area (Å²) >= 11 is 1.07. The number of aliphatic carboxylic acids is 1. The molecule has 0 saturated carbocycles. The summed E-state index contributed by atoms with van der Waals surface area (Å²) in [6.07, 6.45) is 0. The first-order valence-electron chi connectivity index (χ1n) is 3.03. The topological polar surface area (TPSA) is 63.6 Å². The lowest BCUT2D eigenvalue weighted by Crippen LogP contribution is -2.11. The quantitative estimate of drug-likeness (QED) is 0.507. The van der Waals surface area contributed by atoms with Crippen molar-refractivity contribution in [3.05, 3.63) is 0 Å². The number of ether oxygens (including phenoxy) is 1. The molecule has 0 aromatic carbocycles. The molecule has 0 spiro atoms. The van der Waals surface area contributed by atoms with E-state index in [1.165, 1.54) is 6.92 Å². The van der Waals surface area contributed by atoms with E-state index in [0.717, 1.165) is 11.8 Å². The number of carbonyl (C=O) groups excluding carboxylic acids is 1. The Bertz CT molecular complexity index is 157. The lowest BCUT2D eigenvalue weighted by molar-refractivity contribution is -0.142. The van der Waals surface area contributed by atoms with Gasteiger partial charge in [0, 0.05) is 6.92 Å². The minimum absolute atomic E-state index is 0.0472. The van der Waals surface area contributed by atoms with Crippen molar-refractivity contribution in [2.45, 2.75) is 19.3 Å². The van der Waals surface area contributed by atoms with Crippen molar-refractivity contribution in [3.63, 3.8) is 0 Å². The van der Waals surface area contributed by atoms with Crippen LogP contribution in [0, 0.1) is 0 Å². The molecule has 64 valence electrons. The van der Waals surface area contributed by atoms with Crippen molar-refractivity contribution < 1.29 is 19.4 Å². The number of esters is 1. The highest BCUT2D eigenvalue weighted by Gasteiger charge is 2.07. The zero-order chi connectivity index (χ0) is 8.85. The van der Waals surface area contributed by atoms with Crippen molar-refractivity contribution in [1.29, 1.82) is 0 Å². The van der Waals surface area contributed by atoms with Crippen LogP contribution in [0.1, 0.15) is 13.8 Å². The van der Waals surface area contributed by atoms with Crippen LogP contribution < -0.4 is 0 Å². The van der Waals surface area contributed by atoms with Gasteiger partial charge < -0.3 is 9.84 Å². The molecule has 0 amide bonds. The molecule has 5 heteroatoms. The Morgan fingerprint density at radius 2 is 2.18 bits per heavy atom. The molecule has 0 aromatic rings. The molecular weight excluding hydrogens is 168 g/mol. The summed E-state index contributed by atoms with van der Waals surface area (Å²) in [7, 11) is 0. The van der Waals surface area contributed by atoms with Crippen LogP contribution in [0.15, 0.2) is 0 Å². The summed E-state index contributed by atoms with van der Waals surface area (Å²) in [4.78, 5) is 20.3. The Morgan fingerprint density at radius 1 is 1.64 bits per heavy atom. The van der Waals surface area contributed by atoms with Crippen molar-refractivity contribution in [3.8, 4) is 0 Å². The highest BCUT2D eigenvalue weighted by Crippen LogP contribution is 2.10. The molecule has 0 bridgehead atoms. The number of rotatable bonds is 4. The number of hydrogen-bond donors (Lipinski definition) is 1. The molecule has 1 atom stereocenters. The van der Waals surface area contributed by atoms with E-state index in [1.54, 1.807) is 6.92 Å². The molecule has 1 unspecified atom stereocenters. The van der Waals surface area contributed by atoms with Crippen LogP contribution in [0.4, 0.5) is 0 Å². The highest BCUT2D eigenvalue weighted by atomic mass is 32.2. The maximum Gasteiger partial charge on any atom is 0.313 e. The van der Waals surface area contributed by atoms with Crippen LogP contribution >= 0.6 is 11.8 Å². The average molecular weight is 178 g/mol. The lowest BCUT2D eigenvalue weighted by Gasteiger charge is -2.08. The van der Waals surface area contributed by atoms with Gasteiger partial charge in [-0.05, 0) is 6.92 Å². The predicted molar refractivity (Wildman–Crippen MR) is 41.3 cm³/mol. The summed E-state index contributed by atoms with van der Waals surface area (Å²) in [6, 6.07) is 0. The van der Waals surface area contributed by atoms with Gasteiger partial charge in [-0.15, -0.1) is 11.8 Å². The van der Waals surface area contributed by atoms with Gasteiger partial charge in [0.15, 0.2) is 0 Å². The van der Waals surface area contributed by atoms with Crippen molar-refractivity contribution in [2.75, 3.05) is 5.75 Å². The van der Waals surface area contributed by atoms with E-state index in [9.17, 15) is 9.59 Å². The first-order valence-corrected chi connectivity index (χ1v) is 4.08. The SMILES string of the molecule is CC(=O)OC(C)SCC(=O)O. The Labute approximate surface area is 68.9 Å². The highest BCUT2D eigenvalue weighted by molar-refractivity contribution is 8.00. The third kappa shape index (κ3) is 7.18. The van der Waals surface area contributed by atoms with Gasteiger partial charge in [0.1, 0.15) is 5.44 Å². The van der Waals surface area contributed by atoms with Gasteiger partial charge in [-0.3, -0.25) is 9.59 Å². The second-order valence-corrected chi connectivity index (χ2v) is 3.17. The molecule has 0 aromatic heterocycles. The van der Waals surface area contributed by atoms with Gasteiger partial charge in [-0.25, -0.2) is 0 Å².